The molecule has 0 aliphatic carbocycles. The second-order valence-corrected chi connectivity index (χ2v) is 7.89. The molecule has 0 spiro atoms. The number of methoxy groups -OCH3 is 2. The largest absolute Gasteiger partial charge is 0.507 e. The molecule has 0 radical (unpaired) electrons. The number of aliphatic hydroxyl groups is 1. The Kier molecular flexibility index (Phi) is 7.20. The number of ether oxygens (including phenoxy) is 3. The highest BCUT2D eigenvalue weighted by Gasteiger charge is 2.46. The van der Waals surface area contributed by atoms with Crippen molar-refractivity contribution in [2.75, 3.05) is 27.4 Å². The first-order valence-electron chi connectivity index (χ1n) is 10.5. The summed E-state index contributed by atoms with van der Waals surface area (Å²) in [7, 11) is 3.05. The van der Waals surface area contributed by atoms with E-state index in [2.05, 4.69) is 0 Å². The van der Waals surface area contributed by atoms with Crippen molar-refractivity contribution in [2.45, 2.75) is 32.9 Å². The molecule has 1 unspecified atom stereocenters. The highest BCUT2D eigenvalue weighted by atomic mass is 16.5. The van der Waals surface area contributed by atoms with Crippen LogP contribution in [0.1, 0.15) is 36.6 Å². The molecule has 0 aromatic heterocycles. The highest BCUT2D eigenvalue weighted by Crippen LogP contribution is 2.41. The van der Waals surface area contributed by atoms with Gasteiger partial charge < -0.3 is 24.2 Å². The topological polar surface area (TPSA) is 85.3 Å². The number of carbonyl (C=O) groups excluding carboxylic acids is 2. The second-order valence-electron chi connectivity index (χ2n) is 7.89. The van der Waals surface area contributed by atoms with Crippen LogP contribution in [0.3, 0.4) is 0 Å². The summed E-state index contributed by atoms with van der Waals surface area (Å²) < 4.78 is 16.2. The maximum Gasteiger partial charge on any atom is 0.295 e. The number of carbonyl (C=O) groups is 2. The minimum Gasteiger partial charge on any atom is -0.507 e. The van der Waals surface area contributed by atoms with Crippen LogP contribution in [-0.2, 0) is 14.3 Å². The smallest absolute Gasteiger partial charge is 0.295 e. The van der Waals surface area contributed by atoms with Crippen molar-refractivity contribution in [3.8, 4) is 11.5 Å². The van der Waals surface area contributed by atoms with Gasteiger partial charge in [-0.1, -0.05) is 23.8 Å². The van der Waals surface area contributed by atoms with Gasteiger partial charge in [-0.2, -0.15) is 0 Å². The van der Waals surface area contributed by atoms with Gasteiger partial charge in [-0.25, -0.2) is 0 Å². The number of amides is 1. The Morgan fingerprint density at radius 3 is 2.34 bits per heavy atom. The lowest BCUT2D eigenvalue weighted by Crippen LogP contribution is -2.33. The molecule has 0 saturated carbocycles. The number of hydrogen-bond acceptors (Lipinski definition) is 6. The van der Waals surface area contributed by atoms with Crippen molar-refractivity contribution >= 4 is 17.4 Å². The fourth-order valence-corrected chi connectivity index (χ4v) is 3.78. The summed E-state index contributed by atoms with van der Waals surface area (Å²) in [5.74, 6) is -0.620. The van der Waals surface area contributed by atoms with Gasteiger partial charge in [-0.3, -0.25) is 9.59 Å². The van der Waals surface area contributed by atoms with Crippen molar-refractivity contribution in [3.63, 3.8) is 0 Å². The summed E-state index contributed by atoms with van der Waals surface area (Å²) >= 11 is 0. The second kappa shape index (κ2) is 9.87. The molecule has 0 bridgehead atoms. The maximum absolute atomic E-state index is 13.1. The Balaban J connectivity index is 2.15. The predicted octanol–water partition coefficient (Wildman–Crippen LogP) is 3.86. The van der Waals surface area contributed by atoms with E-state index >= 15 is 0 Å². The van der Waals surface area contributed by atoms with Gasteiger partial charge in [0.15, 0.2) is 0 Å². The Morgan fingerprint density at radius 1 is 1.06 bits per heavy atom. The molecule has 1 aliphatic rings. The van der Waals surface area contributed by atoms with Crippen LogP contribution in [0.2, 0.25) is 0 Å². The number of aryl methyl sites for hydroxylation is 1. The average Bonchev–Trinajstić information content (AvgIpc) is 3.03. The number of likely N-dealkylation sites (tertiary alicyclic amines) is 1. The molecule has 1 saturated heterocycles. The first-order chi connectivity index (χ1) is 15.3. The van der Waals surface area contributed by atoms with E-state index < -0.39 is 17.7 Å². The molecule has 170 valence electrons. The lowest BCUT2D eigenvalue weighted by Gasteiger charge is -2.26. The molecule has 1 heterocycles. The Labute approximate surface area is 188 Å². The van der Waals surface area contributed by atoms with E-state index in [4.69, 9.17) is 14.2 Å². The minimum atomic E-state index is -0.762. The van der Waals surface area contributed by atoms with Crippen LogP contribution in [0.15, 0.2) is 48.0 Å². The van der Waals surface area contributed by atoms with E-state index in [1.54, 1.807) is 43.5 Å². The highest BCUT2D eigenvalue weighted by molar-refractivity contribution is 6.46. The zero-order valence-electron chi connectivity index (χ0n) is 19.0. The summed E-state index contributed by atoms with van der Waals surface area (Å²) in [6, 6.07) is 11.6. The van der Waals surface area contributed by atoms with E-state index in [9.17, 15) is 14.7 Å². The summed E-state index contributed by atoms with van der Waals surface area (Å²) in [6.45, 7) is 6.16. The fraction of sp³-hybridized carbons (Fsp3) is 0.360. The summed E-state index contributed by atoms with van der Waals surface area (Å²) in [6.07, 6.45) is -0.0113. The molecule has 1 amide bonds. The number of ketones is 1. The number of rotatable bonds is 8. The molecule has 2 aromatic carbocycles. The Morgan fingerprint density at radius 2 is 1.75 bits per heavy atom. The van der Waals surface area contributed by atoms with Gasteiger partial charge in [-0.05, 0) is 50.6 Å². The van der Waals surface area contributed by atoms with Gasteiger partial charge in [0.2, 0.25) is 0 Å². The maximum atomic E-state index is 13.1. The summed E-state index contributed by atoms with van der Waals surface area (Å²) in [5.41, 5.74) is 1.95. The molecule has 2 aromatic rings. The van der Waals surface area contributed by atoms with E-state index in [1.165, 1.54) is 12.0 Å². The number of nitrogens with zero attached hydrogens (tertiary/aromatic N) is 1. The Bertz CT molecular complexity index is 1030. The molecule has 7 heteroatoms. The monoisotopic (exact) mass is 439 g/mol. The molecule has 1 fully saturated rings. The van der Waals surface area contributed by atoms with Crippen LogP contribution in [0.4, 0.5) is 0 Å². The molecule has 1 N–H and O–H groups in total. The van der Waals surface area contributed by atoms with Crippen molar-refractivity contribution in [1.82, 2.24) is 4.90 Å². The summed E-state index contributed by atoms with van der Waals surface area (Å²) in [5, 5.41) is 11.3. The number of aliphatic hydroxyl groups excluding tert-OH is 1. The molecule has 32 heavy (non-hydrogen) atoms. The Hall–Kier alpha value is -3.32. The lowest BCUT2D eigenvalue weighted by molar-refractivity contribution is -0.140. The minimum absolute atomic E-state index is 0.0113. The van der Waals surface area contributed by atoms with E-state index in [0.29, 0.717) is 22.6 Å². The van der Waals surface area contributed by atoms with Crippen LogP contribution >= 0.6 is 0 Å². The van der Waals surface area contributed by atoms with E-state index in [0.717, 1.165) is 5.56 Å². The number of benzene rings is 2. The molecule has 3 rings (SSSR count). The van der Waals surface area contributed by atoms with Crippen molar-refractivity contribution in [3.05, 3.63) is 64.7 Å². The first kappa shape index (κ1) is 23.3. The fourth-order valence-electron chi connectivity index (χ4n) is 3.78. The summed E-state index contributed by atoms with van der Waals surface area (Å²) in [4.78, 5) is 27.5. The predicted molar refractivity (Wildman–Crippen MR) is 121 cm³/mol. The van der Waals surface area contributed by atoms with Crippen LogP contribution in [0.25, 0.3) is 5.76 Å². The zero-order valence-corrected chi connectivity index (χ0v) is 19.0. The third-order valence-corrected chi connectivity index (χ3v) is 5.36. The number of hydrogen-bond donors (Lipinski definition) is 1. The molecular weight excluding hydrogens is 410 g/mol. The normalized spacial score (nSPS) is 17.8. The van der Waals surface area contributed by atoms with Gasteiger partial charge in [-0.15, -0.1) is 0 Å². The molecule has 1 atom stereocenters. The van der Waals surface area contributed by atoms with Crippen LogP contribution in [0.5, 0.6) is 11.5 Å². The average molecular weight is 440 g/mol. The third kappa shape index (κ3) is 4.62. The van der Waals surface area contributed by atoms with Gasteiger partial charge in [0.1, 0.15) is 17.3 Å². The van der Waals surface area contributed by atoms with Gasteiger partial charge in [0.25, 0.3) is 11.7 Å². The van der Waals surface area contributed by atoms with Gasteiger partial charge in [0, 0.05) is 6.54 Å². The third-order valence-electron chi connectivity index (χ3n) is 5.36. The zero-order chi connectivity index (χ0) is 23.4. The van der Waals surface area contributed by atoms with Gasteiger partial charge in [0.05, 0.1) is 44.1 Å². The van der Waals surface area contributed by atoms with Crippen molar-refractivity contribution < 1.29 is 28.9 Å². The van der Waals surface area contributed by atoms with Crippen molar-refractivity contribution in [2.24, 2.45) is 0 Å². The molecular formula is C25H29NO6. The quantitative estimate of drug-likeness (QED) is 0.382. The lowest BCUT2D eigenvalue weighted by atomic mass is 9.94. The molecule has 7 nitrogen and oxygen atoms in total. The van der Waals surface area contributed by atoms with Crippen LogP contribution in [-0.4, -0.2) is 55.2 Å². The first-order valence-corrected chi connectivity index (χ1v) is 10.5. The van der Waals surface area contributed by atoms with Crippen molar-refractivity contribution in [1.29, 1.82) is 0 Å². The number of Topliss-reactive ketones (excluding diaryl/α,β-unsaturated/α-hetero) is 1. The van der Waals surface area contributed by atoms with E-state index in [1.807, 2.05) is 26.8 Å². The van der Waals surface area contributed by atoms with Gasteiger partial charge >= 0.3 is 0 Å². The van der Waals surface area contributed by atoms with E-state index in [-0.39, 0.29) is 30.6 Å². The molecule has 1 aliphatic heterocycles. The SMILES string of the molecule is COc1ccc(C2/C(=C(\O)c3cc(C)ccc3OC)C(=O)C(=O)N2CCOC(C)C)cc1. The standard InChI is InChI=1S/C25H29NO6/c1-15(2)32-13-12-26-22(17-7-9-18(30-4)10-8-17)21(24(28)25(26)29)23(27)19-14-16(3)6-11-20(19)31-5/h6-11,14-15,22,27H,12-13H2,1-5H3/b23-21+. The van der Waals surface area contributed by atoms with Crippen LogP contribution < -0.4 is 9.47 Å². The van der Waals surface area contributed by atoms with Crippen LogP contribution in [0, 0.1) is 6.92 Å².